The zero-order valence-corrected chi connectivity index (χ0v) is 6.77. The van der Waals surface area contributed by atoms with E-state index in [1.807, 2.05) is 7.05 Å². The first-order valence-corrected chi connectivity index (χ1v) is 3.28. The number of urea groups is 1. The molecule has 0 saturated carbocycles. The van der Waals surface area contributed by atoms with Gasteiger partial charge in [-0.05, 0) is 7.05 Å². The summed E-state index contributed by atoms with van der Waals surface area (Å²) in [7, 11) is 5.28. The van der Waals surface area contributed by atoms with E-state index in [-0.39, 0.29) is 6.03 Å². The Morgan fingerprint density at radius 2 is 2.00 bits per heavy atom. The van der Waals surface area contributed by atoms with Gasteiger partial charge in [0.25, 0.3) is 0 Å². The summed E-state index contributed by atoms with van der Waals surface area (Å²) in [5.74, 6) is 0. The summed E-state index contributed by atoms with van der Waals surface area (Å²) >= 11 is 0. The Hall–Kier alpha value is -0.770. The third-order valence-corrected chi connectivity index (χ3v) is 1.06. The summed E-state index contributed by atoms with van der Waals surface area (Å²) in [6, 6.07) is -0.0461. The predicted octanol–water partition coefficient (Wildman–Crippen LogP) is -0.523. The van der Waals surface area contributed by atoms with Crippen LogP contribution in [0.15, 0.2) is 0 Å². The maximum atomic E-state index is 10.8. The molecule has 0 aliphatic rings. The summed E-state index contributed by atoms with van der Waals surface area (Å²) in [6.45, 7) is 1.48. The topological polar surface area (TPSA) is 44.4 Å². The number of likely N-dealkylation sites (N-methyl/N-ethyl adjacent to an activating group) is 1. The van der Waals surface area contributed by atoms with Gasteiger partial charge in [-0.3, -0.25) is 0 Å². The highest BCUT2D eigenvalue weighted by Gasteiger charge is 1.98. The molecule has 0 aromatic carbocycles. The molecule has 0 rings (SSSR count). The van der Waals surface area contributed by atoms with Crippen LogP contribution < -0.4 is 10.6 Å². The molecular formula is C6H15N3O. The van der Waals surface area contributed by atoms with Gasteiger partial charge in [0.05, 0.1) is 0 Å². The lowest BCUT2D eigenvalue weighted by atomic mass is 10.6. The normalized spacial score (nSPS) is 9.10. The molecule has 4 nitrogen and oxygen atoms in total. The van der Waals surface area contributed by atoms with Crippen LogP contribution in [-0.4, -0.2) is 45.2 Å². The number of hydrogen-bond acceptors (Lipinski definition) is 2. The van der Waals surface area contributed by atoms with Gasteiger partial charge in [-0.2, -0.15) is 0 Å². The Morgan fingerprint density at radius 1 is 1.40 bits per heavy atom. The SMILES string of the molecule is CNCCNC(=O)N(C)C. The van der Waals surface area contributed by atoms with E-state index in [9.17, 15) is 4.79 Å². The van der Waals surface area contributed by atoms with Gasteiger partial charge in [-0.1, -0.05) is 0 Å². The lowest BCUT2D eigenvalue weighted by Crippen LogP contribution is -2.37. The van der Waals surface area contributed by atoms with Crippen molar-refractivity contribution in [3.8, 4) is 0 Å². The second kappa shape index (κ2) is 5.05. The van der Waals surface area contributed by atoms with Crippen LogP contribution in [0.25, 0.3) is 0 Å². The maximum Gasteiger partial charge on any atom is 0.316 e. The van der Waals surface area contributed by atoms with Crippen LogP contribution in [0, 0.1) is 0 Å². The van der Waals surface area contributed by atoms with Crippen LogP contribution in [0.2, 0.25) is 0 Å². The average Bonchev–Trinajstić information content (AvgIpc) is 1.88. The molecule has 0 radical (unpaired) electrons. The molecule has 0 bridgehead atoms. The molecule has 0 unspecified atom stereocenters. The van der Waals surface area contributed by atoms with E-state index in [0.717, 1.165) is 6.54 Å². The van der Waals surface area contributed by atoms with Crippen LogP contribution in [0.4, 0.5) is 4.79 Å². The minimum Gasteiger partial charge on any atom is -0.337 e. The molecule has 0 aliphatic heterocycles. The Bertz CT molecular complexity index is 103. The summed E-state index contributed by atoms with van der Waals surface area (Å²) in [4.78, 5) is 12.3. The number of carbonyl (C=O) groups is 1. The minimum atomic E-state index is -0.0461. The van der Waals surface area contributed by atoms with Crippen LogP contribution in [0.1, 0.15) is 0 Å². The smallest absolute Gasteiger partial charge is 0.316 e. The molecule has 0 heterocycles. The van der Waals surface area contributed by atoms with Crippen molar-refractivity contribution in [1.82, 2.24) is 15.5 Å². The van der Waals surface area contributed by atoms with Gasteiger partial charge in [-0.15, -0.1) is 0 Å². The lowest BCUT2D eigenvalue weighted by molar-refractivity contribution is 0.217. The van der Waals surface area contributed by atoms with Crippen LogP contribution >= 0.6 is 0 Å². The molecule has 0 aromatic heterocycles. The van der Waals surface area contributed by atoms with Crippen molar-refractivity contribution in [3.05, 3.63) is 0 Å². The van der Waals surface area contributed by atoms with Crippen molar-refractivity contribution in [2.75, 3.05) is 34.2 Å². The van der Waals surface area contributed by atoms with Crippen molar-refractivity contribution in [2.24, 2.45) is 0 Å². The van der Waals surface area contributed by atoms with Crippen molar-refractivity contribution >= 4 is 6.03 Å². The Kier molecular flexibility index (Phi) is 4.66. The summed E-state index contributed by atoms with van der Waals surface area (Å²) in [5.41, 5.74) is 0. The molecule has 0 spiro atoms. The fourth-order valence-corrected chi connectivity index (χ4v) is 0.453. The fourth-order valence-electron chi connectivity index (χ4n) is 0.453. The Balaban J connectivity index is 3.22. The average molecular weight is 145 g/mol. The highest BCUT2D eigenvalue weighted by Crippen LogP contribution is 1.73. The van der Waals surface area contributed by atoms with Crippen molar-refractivity contribution in [2.45, 2.75) is 0 Å². The summed E-state index contributed by atoms with van der Waals surface area (Å²) in [5, 5.41) is 5.64. The number of nitrogens with one attached hydrogen (secondary N) is 2. The molecule has 2 N–H and O–H groups in total. The van der Waals surface area contributed by atoms with Gasteiger partial charge in [0.15, 0.2) is 0 Å². The second-order valence-corrected chi connectivity index (χ2v) is 2.23. The van der Waals surface area contributed by atoms with Crippen molar-refractivity contribution < 1.29 is 4.79 Å². The zero-order chi connectivity index (χ0) is 7.98. The Morgan fingerprint density at radius 3 is 2.40 bits per heavy atom. The molecule has 10 heavy (non-hydrogen) atoms. The minimum absolute atomic E-state index is 0.0461. The van der Waals surface area contributed by atoms with E-state index < -0.39 is 0 Å². The van der Waals surface area contributed by atoms with Gasteiger partial charge in [0.2, 0.25) is 0 Å². The number of hydrogen-bond donors (Lipinski definition) is 2. The molecule has 60 valence electrons. The first-order valence-electron chi connectivity index (χ1n) is 3.28. The summed E-state index contributed by atoms with van der Waals surface area (Å²) in [6.07, 6.45) is 0. The van der Waals surface area contributed by atoms with Crippen LogP contribution in [0.5, 0.6) is 0 Å². The third-order valence-electron chi connectivity index (χ3n) is 1.06. The van der Waals surface area contributed by atoms with Crippen LogP contribution in [-0.2, 0) is 0 Å². The first kappa shape index (κ1) is 9.23. The van der Waals surface area contributed by atoms with Gasteiger partial charge in [0.1, 0.15) is 0 Å². The fraction of sp³-hybridized carbons (Fsp3) is 0.833. The highest BCUT2D eigenvalue weighted by molar-refractivity contribution is 5.73. The second-order valence-electron chi connectivity index (χ2n) is 2.23. The number of amides is 2. The largest absolute Gasteiger partial charge is 0.337 e. The van der Waals surface area contributed by atoms with Gasteiger partial charge >= 0.3 is 6.03 Å². The first-order chi connectivity index (χ1) is 4.68. The quantitative estimate of drug-likeness (QED) is 0.525. The lowest BCUT2D eigenvalue weighted by Gasteiger charge is -2.10. The van der Waals surface area contributed by atoms with E-state index in [4.69, 9.17) is 0 Å². The summed E-state index contributed by atoms with van der Waals surface area (Å²) < 4.78 is 0. The van der Waals surface area contributed by atoms with E-state index in [0.29, 0.717) is 6.54 Å². The van der Waals surface area contributed by atoms with E-state index in [1.54, 1.807) is 14.1 Å². The van der Waals surface area contributed by atoms with E-state index in [2.05, 4.69) is 10.6 Å². The van der Waals surface area contributed by atoms with Crippen molar-refractivity contribution in [3.63, 3.8) is 0 Å². The predicted molar refractivity (Wildman–Crippen MR) is 41.0 cm³/mol. The molecule has 0 aliphatic carbocycles. The maximum absolute atomic E-state index is 10.8. The molecule has 0 aromatic rings. The van der Waals surface area contributed by atoms with Gasteiger partial charge < -0.3 is 15.5 Å². The number of rotatable bonds is 3. The van der Waals surface area contributed by atoms with E-state index >= 15 is 0 Å². The van der Waals surface area contributed by atoms with Gasteiger partial charge in [-0.25, -0.2) is 4.79 Å². The molecule has 0 atom stereocenters. The molecule has 4 heteroatoms. The van der Waals surface area contributed by atoms with E-state index in [1.165, 1.54) is 4.90 Å². The standard InChI is InChI=1S/C6H15N3O/c1-7-4-5-8-6(10)9(2)3/h7H,4-5H2,1-3H3,(H,8,10). The third kappa shape index (κ3) is 4.14. The Labute approximate surface area is 61.6 Å². The van der Waals surface area contributed by atoms with Crippen LogP contribution in [0.3, 0.4) is 0 Å². The highest BCUT2D eigenvalue weighted by atomic mass is 16.2. The van der Waals surface area contributed by atoms with Crippen molar-refractivity contribution in [1.29, 1.82) is 0 Å². The zero-order valence-electron chi connectivity index (χ0n) is 6.77. The molecular weight excluding hydrogens is 130 g/mol. The number of nitrogens with zero attached hydrogens (tertiary/aromatic N) is 1. The van der Waals surface area contributed by atoms with Gasteiger partial charge in [0, 0.05) is 27.2 Å². The molecule has 2 amide bonds. The molecule has 0 saturated heterocycles. The number of carbonyl (C=O) groups excluding carboxylic acids is 1. The molecule has 0 fully saturated rings. The monoisotopic (exact) mass is 145 g/mol.